The molecule has 0 aromatic heterocycles. The third-order valence-corrected chi connectivity index (χ3v) is 5.32. The number of hydrogen-bond acceptors (Lipinski definition) is 2. The Balaban J connectivity index is 2.37. The molecule has 2 unspecified atom stereocenters. The molecule has 0 bridgehead atoms. The fraction of sp³-hybridized carbons (Fsp3) is 0.294. The lowest BCUT2D eigenvalue weighted by molar-refractivity contribution is 0.663. The molecule has 0 aliphatic heterocycles. The molecule has 2 rings (SSSR count). The van der Waals surface area contributed by atoms with E-state index < -0.39 is 10.8 Å². The maximum atomic E-state index is 12.9. The lowest BCUT2D eigenvalue weighted by Crippen LogP contribution is -2.13. The molecule has 0 aliphatic carbocycles. The summed E-state index contributed by atoms with van der Waals surface area (Å²) >= 11 is 0. The highest BCUT2D eigenvalue weighted by Gasteiger charge is 2.21. The number of nitrogens with two attached hydrogens (primary N) is 1. The summed E-state index contributed by atoms with van der Waals surface area (Å²) in [4.78, 5) is 0.915. The van der Waals surface area contributed by atoms with Gasteiger partial charge in [0.05, 0.1) is 16.0 Å². The van der Waals surface area contributed by atoms with Gasteiger partial charge in [-0.25, -0.2) is 0 Å². The Morgan fingerprint density at radius 2 is 1.80 bits per heavy atom. The minimum absolute atomic E-state index is 0.0393. The van der Waals surface area contributed by atoms with Gasteiger partial charge in [-0.3, -0.25) is 4.21 Å². The highest BCUT2D eigenvalue weighted by Crippen LogP contribution is 2.29. The topological polar surface area (TPSA) is 43.1 Å². The van der Waals surface area contributed by atoms with Crippen LogP contribution in [-0.4, -0.2) is 10.8 Å². The van der Waals surface area contributed by atoms with Crippen molar-refractivity contribution in [2.45, 2.75) is 30.4 Å². The van der Waals surface area contributed by atoms with E-state index >= 15 is 0 Å². The first kappa shape index (κ1) is 14.9. The van der Waals surface area contributed by atoms with E-state index in [0.29, 0.717) is 6.54 Å². The molecule has 0 amide bonds. The van der Waals surface area contributed by atoms with Crippen molar-refractivity contribution in [2.24, 2.45) is 5.73 Å². The van der Waals surface area contributed by atoms with Crippen LogP contribution in [0.1, 0.15) is 28.4 Å². The summed E-state index contributed by atoms with van der Waals surface area (Å²) < 4.78 is 12.9. The van der Waals surface area contributed by atoms with Gasteiger partial charge < -0.3 is 5.73 Å². The van der Waals surface area contributed by atoms with E-state index in [0.717, 1.165) is 22.4 Å². The lowest BCUT2D eigenvalue weighted by atomic mass is 10.1. The van der Waals surface area contributed by atoms with Gasteiger partial charge in [0.25, 0.3) is 0 Å². The molecule has 0 saturated carbocycles. The van der Waals surface area contributed by atoms with Gasteiger partial charge in [-0.2, -0.15) is 0 Å². The van der Waals surface area contributed by atoms with Crippen molar-refractivity contribution in [3.8, 4) is 0 Å². The van der Waals surface area contributed by atoms with E-state index in [9.17, 15) is 4.21 Å². The van der Waals surface area contributed by atoms with E-state index in [1.54, 1.807) is 0 Å². The molecule has 3 heteroatoms. The molecule has 0 radical (unpaired) electrons. The lowest BCUT2D eigenvalue weighted by Gasteiger charge is -2.18. The molecular weight excluding hydrogens is 266 g/mol. The molecule has 0 fully saturated rings. The second-order valence-electron chi connectivity index (χ2n) is 5.04. The van der Waals surface area contributed by atoms with Gasteiger partial charge in [0.1, 0.15) is 0 Å². The third-order valence-electron chi connectivity index (χ3n) is 3.41. The van der Waals surface area contributed by atoms with Gasteiger partial charge in [-0.05, 0) is 44.0 Å². The normalized spacial score (nSPS) is 13.9. The van der Waals surface area contributed by atoms with E-state index in [4.69, 9.17) is 5.73 Å². The fourth-order valence-corrected chi connectivity index (χ4v) is 4.03. The number of aryl methyl sites for hydroxylation is 2. The molecule has 0 saturated heterocycles. The molecule has 2 atom stereocenters. The summed E-state index contributed by atoms with van der Waals surface area (Å²) in [6, 6.07) is 16.1. The first-order chi connectivity index (χ1) is 9.63. The van der Waals surface area contributed by atoms with Gasteiger partial charge in [0.2, 0.25) is 0 Å². The smallest absolute Gasteiger partial charge is 0.0655 e. The Morgan fingerprint density at radius 3 is 2.40 bits per heavy atom. The maximum Gasteiger partial charge on any atom is 0.0655 e. The molecule has 2 aromatic rings. The molecule has 2 N–H and O–H groups in total. The van der Waals surface area contributed by atoms with Gasteiger partial charge in [-0.15, -0.1) is 0 Å². The van der Waals surface area contributed by atoms with Crippen molar-refractivity contribution < 1.29 is 4.21 Å². The Kier molecular flexibility index (Phi) is 5.10. The molecule has 2 aromatic carbocycles. The highest BCUT2D eigenvalue weighted by molar-refractivity contribution is 7.85. The third kappa shape index (κ3) is 3.35. The van der Waals surface area contributed by atoms with Gasteiger partial charge in [0.15, 0.2) is 0 Å². The van der Waals surface area contributed by atoms with Gasteiger partial charge >= 0.3 is 0 Å². The molecular formula is C17H21NOS. The second-order valence-corrected chi connectivity index (χ2v) is 6.65. The van der Waals surface area contributed by atoms with Crippen LogP contribution in [0.5, 0.6) is 0 Å². The van der Waals surface area contributed by atoms with Gasteiger partial charge in [-0.1, -0.05) is 48.0 Å². The Bertz CT molecular complexity index is 595. The van der Waals surface area contributed by atoms with Gasteiger partial charge in [0, 0.05) is 4.90 Å². The van der Waals surface area contributed by atoms with Crippen molar-refractivity contribution in [1.29, 1.82) is 0 Å². The van der Waals surface area contributed by atoms with Crippen molar-refractivity contribution in [2.75, 3.05) is 6.54 Å². The average molecular weight is 287 g/mol. The highest BCUT2D eigenvalue weighted by atomic mass is 32.2. The predicted octanol–water partition coefficient (Wildman–Crippen LogP) is 3.50. The zero-order valence-corrected chi connectivity index (χ0v) is 12.8. The number of hydrogen-bond donors (Lipinski definition) is 1. The zero-order chi connectivity index (χ0) is 14.5. The van der Waals surface area contributed by atoms with E-state index in [1.165, 1.54) is 5.56 Å². The van der Waals surface area contributed by atoms with Crippen LogP contribution in [0.4, 0.5) is 0 Å². The quantitative estimate of drug-likeness (QED) is 0.914. The first-order valence-corrected chi connectivity index (χ1v) is 8.07. The summed E-state index contributed by atoms with van der Waals surface area (Å²) in [6.07, 6.45) is 0.726. The van der Waals surface area contributed by atoms with Crippen LogP contribution >= 0.6 is 0 Å². The summed E-state index contributed by atoms with van der Waals surface area (Å²) in [5, 5.41) is -0.0393. The van der Waals surface area contributed by atoms with Crippen molar-refractivity contribution in [3.05, 3.63) is 65.2 Å². The number of rotatable bonds is 5. The van der Waals surface area contributed by atoms with Crippen LogP contribution in [0.15, 0.2) is 53.4 Å². The molecule has 0 spiro atoms. The predicted molar refractivity (Wildman–Crippen MR) is 85.2 cm³/mol. The molecule has 2 nitrogen and oxygen atoms in total. The SMILES string of the molecule is Cc1ccc(S(=O)C(CCN)c2ccccc2)c(C)c1. The zero-order valence-electron chi connectivity index (χ0n) is 12.0. The van der Waals surface area contributed by atoms with Crippen molar-refractivity contribution >= 4 is 10.8 Å². The molecule has 106 valence electrons. The summed E-state index contributed by atoms with van der Waals surface area (Å²) in [5.74, 6) is 0. The Hall–Kier alpha value is -1.45. The summed E-state index contributed by atoms with van der Waals surface area (Å²) in [7, 11) is -1.07. The van der Waals surface area contributed by atoms with Crippen LogP contribution in [-0.2, 0) is 10.8 Å². The van der Waals surface area contributed by atoms with Crippen LogP contribution in [0.25, 0.3) is 0 Å². The van der Waals surface area contributed by atoms with E-state index in [2.05, 4.69) is 6.07 Å². The van der Waals surface area contributed by atoms with Crippen LogP contribution in [0, 0.1) is 13.8 Å². The molecule has 0 heterocycles. The second kappa shape index (κ2) is 6.82. The minimum Gasteiger partial charge on any atom is -0.330 e. The van der Waals surface area contributed by atoms with Crippen molar-refractivity contribution in [3.63, 3.8) is 0 Å². The summed E-state index contributed by atoms with van der Waals surface area (Å²) in [6.45, 7) is 4.61. The molecule has 20 heavy (non-hydrogen) atoms. The Morgan fingerprint density at radius 1 is 1.10 bits per heavy atom. The van der Waals surface area contributed by atoms with Crippen molar-refractivity contribution in [1.82, 2.24) is 0 Å². The number of benzene rings is 2. The fourth-order valence-electron chi connectivity index (χ4n) is 2.39. The molecule has 0 aliphatic rings. The monoisotopic (exact) mass is 287 g/mol. The van der Waals surface area contributed by atoms with Crippen LogP contribution in [0.3, 0.4) is 0 Å². The first-order valence-electron chi connectivity index (χ1n) is 6.86. The summed E-state index contributed by atoms with van der Waals surface area (Å²) in [5.41, 5.74) is 9.08. The average Bonchev–Trinajstić information content (AvgIpc) is 2.45. The maximum absolute atomic E-state index is 12.9. The largest absolute Gasteiger partial charge is 0.330 e. The Labute approximate surface area is 123 Å². The van der Waals surface area contributed by atoms with Crippen LogP contribution in [0.2, 0.25) is 0 Å². The van der Waals surface area contributed by atoms with E-state index in [1.807, 2.05) is 56.3 Å². The van der Waals surface area contributed by atoms with Crippen LogP contribution < -0.4 is 5.73 Å². The standard InChI is InChI=1S/C17H21NOS/c1-13-8-9-16(14(2)12-13)20(19)17(10-11-18)15-6-4-3-5-7-15/h3-9,12,17H,10-11,18H2,1-2H3. The minimum atomic E-state index is -1.07. The van der Waals surface area contributed by atoms with E-state index in [-0.39, 0.29) is 5.25 Å².